The molecule has 2 fully saturated rings. The number of rotatable bonds is 4. The Morgan fingerprint density at radius 1 is 1.30 bits per heavy atom. The molecule has 1 aliphatic heterocycles. The van der Waals surface area contributed by atoms with E-state index in [9.17, 15) is 4.79 Å². The Labute approximate surface area is 125 Å². The second kappa shape index (κ2) is 6.57. The summed E-state index contributed by atoms with van der Waals surface area (Å²) in [6, 6.07) is 10.6. The van der Waals surface area contributed by atoms with Gasteiger partial charge in [-0.05, 0) is 24.8 Å². The SMILES string of the molecule is Cl.NC[C@H]1CC[C@@H](C(=O)NC2CC2c2ccccc2)O1. The molecule has 2 aliphatic rings. The Balaban J connectivity index is 0.00000147. The lowest BCUT2D eigenvalue weighted by Crippen LogP contribution is -2.37. The molecule has 0 spiro atoms. The van der Waals surface area contributed by atoms with Gasteiger partial charge in [-0.1, -0.05) is 30.3 Å². The lowest BCUT2D eigenvalue weighted by Gasteiger charge is -2.12. The molecule has 1 aliphatic carbocycles. The number of ether oxygens (including phenoxy) is 1. The number of nitrogens with one attached hydrogen (secondary N) is 1. The van der Waals surface area contributed by atoms with E-state index in [-0.39, 0.29) is 36.6 Å². The summed E-state index contributed by atoms with van der Waals surface area (Å²) in [5.41, 5.74) is 6.86. The van der Waals surface area contributed by atoms with Gasteiger partial charge in [0.05, 0.1) is 6.10 Å². The Kier molecular flexibility index (Phi) is 5.02. The third-order valence-corrected chi connectivity index (χ3v) is 4.01. The van der Waals surface area contributed by atoms with Crippen LogP contribution in [0.4, 0.5) is 0 Å². The summed E-state index contributed by atoms with van der Waals surface area (Å²) in [7, 11) is 0. The highest BCUT2D eigenvalue weighted by atomic mass is 35.5. The van der Waals surface area contributed by atoms with E-state index in [1.54, 1.807) is 0 Å². The van der Waals surface area contributed by atoms with Gasteiger partial charge >= 0.3 is 0 Å². The molecule has 1 aromatic carbocycles. The zero-order valence-corrected chi connectivity index (χ0v) is 12.1. The summed E-state index contributed by atoms with van der Waals surface area (Å²) in [5.74, 6) is 0.497. The molecular formula is C15H21ClN2O2. The minimum absolute atomic E-state index is 0. The predicted molar refractivity (Wildman–Crippen MR) is 79.9 cm³/mol. The van der Waals surface area contributed by atoms with E-state index in [0.29, 0.717) is 12.5 Å². The third kappa shape index (κ3) is 3.32. The van der Waals surface area contributed by atoms with E-state index in [1.807, 2.05) is 18.2 Å². The zero-order chi connectivity index (χ0) is 13.2. The maximum absolute atomic E-state index is 12.1. The second-order valence-corrected chi connectivity index (χ2v) is 5.43. The number of carbonyl (C=O) groups is 1. The highest BCUT2D eigenvalue weighted by Gasteiger charge is 2.41. The maximum atomic E-state index is 12.1. The van der Waals surface area contributed by atoms with Crippen LogP contribution < -0.4 is 11.1 Å². The van der Waals surface area contributed by atoms with Gasteiger partial charge in [0.15, 0.2) is 0 Å². The second-order valence-electron chi connectivity index (χ2n) is 5.43. The minimum atomic E-state index is -0.300. The third-order valence-electron chi connectivity index (χ3n) is 4.01. The van der Waals surface area contributed by atoms with Crippen LogP contribution in [-0.2, 0) is 9.53 Å². The van der Waals surface area contributed by atoms with Crippen LogP contribution >= 0.6 is 12.4 Å². The molecule has 110 valence electrons. The predicted octanol–water partition coefficient (Wildman–Crippen LogP) is 1.59. The van der Waals surface area contributed by atoms with Crippen LogP contribution in [0.25, 0.3) is 0 Å². The molecule has 20 heavy (non-hydrogen) atoms. The summed E-state index contributed by atoms with van der Waals surface area (Å²) < 4.78 is 5.60. The monoisotopic (exact) mass is 296 g/mol. The summed E-state index contributed by atoms with van der Waals surface area (Å²) in [5, 5.41) is 3.08. The summed E-state index contributed by atoms with van der Waals surface area (Å²) in [4.78, 5) is 12.1. The van der Waals surface area contributed by atoms with Crippen molar-refractivity contribution in [3.05, 3.63) is 35.9 Å². The maximum Gasteiger partial charge on any atom is 0.249 e. The van der Waals surface area contributed by atoms with Gasteiger partial charge in [-0.25, -0.2) is 0 Å². The first kappa shape index (κ1) is 15.3. The fraction of sp³-hybridized carbons (Fsp3) is 0.533. The van der Waals surface area contributed by atoms with Gasteiger partial charge in [0.25, 0.3) is 0 Å². The van der Waals surface area contributed by atoms with Crippen molar-refractivity contribution in [3.63, 3.8) is 0 Å². The van der Waals surface area contributed by atoms with Crippen LogP contribution in [0.1, 0.15) is 30.7 Å². The van der Waals surface area contributed by atoms with Crippen LogP contribution in [0.15, 0.2) is 30.3 Å². The van der Waals surface area contributed by atoms with Crippen LogP contribution in [0.5, 0.6) is 0 Å². The first-order chi connectivity index (χ1) is 9.28. The number of benzene rings is 1. The number of hydrogen-bond donors (Lipinski definition) is 2. The van der Waals surface area contributed by atoms with E-state index in [1.165, 1.54) is 5.56 Å². The van der Waals surface area contributed by atoms with Gasteiger partial charge in [-0.15, -0.1) is 12.4 Å². The van der Waals surface area contributed by atoms with Gasteiger partial charge in [0.2, 0.25) is 5.91 Å². The number of nitrogens with two attached hydrogens (primary N) is 1. The first-order valence-electron chi connectivity index (χ1n) is 6.99. The number of hydrogen-bond acceptors (Lipinski definition) is 3. The number of carbonyl (C=O) groups excluding carboxylic acids is 1. The summed E-state index contributed by atoms with van der Waals surface area (Å²) in [6.07, 6.45) is 2.46. The van der Waals surface area contributed by atoms with Gasteiger partial charge < -0.3 is 15.8 Å². The molecule has 0 aromatic heterocycles. The molecule has 2 unspecified atom stereocenters. The normalized spacial score (nSPS) is 31.4. The lowest BCUT2D eigenvalue weighted by molar-refractivity contribution is -0.132. The molecule has 1 heterocycles. The van der Waals surface area contributed by atoms with E-state index in [4.69, 9.17) is 10.5 Å². The van der Waals surface area contributed by atoms with Crippen molar-refractivity contribution in [1.29, 1.82) is 0 Å². The molecule has 4 nitrogen and oxygen atoms in total. The molecule has 1 saturated carbocycles. The number of amides is 1. The van der Waals surface area contributed by atoms with E-state index in [0.717, 1.165) is 19.3 Å². The van der Waals surface area contributed by atoms with Crippen LogP contribution in [0.3, 0.4) is 0 Å². The fourth-order valence-corrected chi connectivity index (χ4v) is 2.77. The standard InChI is InChI=1S/C15H20N2O2.ClH/c16-9-11-6-7-14(19-11)15(18)17-13-8-12(13)10-4-2-1-3-5-10;/h1-5,11-14H,6-9,16H2,(H,17,18);1H/t11-,12?,13?,14+;/m1./s1. The van der Waals surface area contributed by atoms with Crippen molar-refractivity contribution in [3.8, 4) is 0 Å². The molecule has 5 heteroatoms. The lowest BCUT2D eigenvalue weighted by atomic mass is 10.1. The van der Waals surface area contributed by atoms with E-state index >= 15 is 0 Å². The molecule has 0 bridgehead atoms. The number of halogens is 1. The van der Waals surface area contributed by atoms with Crippen molar-refractivity contribution in [1.82, 2.24) is 5.32 Å². The van der Waals surface area contributed by atoms with Crippen LogP contribution in [-0.4, -0.2) is 30.7 Å². The largest absolute Gasteiger partial charge is 0.364 e. The molecule has 0 radical (unpaired) electrons. The van der Waals surface area contributed by atoms with Gasteiger partial charge in [-0.3, -0.25) is 4.79 Å². The average Bonchev–Trinajstić information content (AvgIpc) is 3.04. The van der Waals surface area contributed by atoms with E-state index in [2.05, 4.69) is 17.4 Å². The molecule has 1 amide bonds. The minimum Gasteiger partial charge on any atom is -0.364 e. The average molecular weight is 297 g/mol. The Hall–Kier alpha value is -1.10. The smallest absolute Gasteiger partial charge is 0.249 e. The fourth-order valence-electron chi connectivity index (χ4n) is 2.77. The van der Waals surface area contributed by atoms with Crippen molar-refractivity contribution in [2.24, 2.45) is 5.73 Å². The molecule has 4 atom stereocenters. The van der Waals surface area contributed by atoms with Gasteiger partial charge in [-0.2, -0.15) is 0 Å². The molecule has 1 aromatic rings. The summed E-state index contributed by atoms with van der Waals surface area (Å²) >= 11 is 0. The van der Waals surface area contributed by atoms with Gasteiger partial charge in [0, 0.05) is 18.5 Å². The highest BCUT2D eigenvalue weighted by molar-refractivity contribution is 5.85. The Morgan fingerprint density at radius 3 is 2.70 bits per heavy atom. The quantitative estimate of drug-likeness (QED) is 0.887. The highest BCUT2D eigenvalue weighted by Crippen LogP contribution is 2.40. The molecule has 1 saturated heterocycles. The van der Waals surface area contributed by atoms with Crippen molar-refractivity contribution in [2.75, 3.05) is 6.54 Å². The molecular weight excluding hydrogens is 276 g/mol. The van der Waals surface area contributed by atoms with E-state index < -0.39 is 0 Å². The van der Waals surface area contributed by atoms with Gasteiger partial charge in [0.1, 0.15) is 6.10 Å². The van der Waals surface area contributed by atoms with Crippen molar-refractivity contribution < 1.29 is 9.53 Å². The Bertz CT molecular complexity index is 454. The summed E-state index contributed by atoms with van der Waals surface area (Å²) in [6.45, 7) is 0.500. The molecule has 3 N–H and O–H groups in total. The Morgan fingerprint density at radius 2 is 2.05 bits per heavy atom. The topological polar surface area (TPSA) is 64.4 Å². The van der Waals surface area contributed by atoms with Crippen LogP contribution in [0.2, 0.25) is 0 Å². The first-order valence-corrected chi connectivity index (χ1v) is 6.99. The van der Waals surface area contributed by atoms with Crippen molar-refractivity contribution in [2.45, 2.75) is 43.4 Å². The zero-order valence-electron chi connectivity index (χ0n) is 11.3. The van der Waals surface area contributed by atoms with Crippen LogP contribution in [0, 0.1) is 0 Å². The molecule has 3 rings (SSSR count). The van der Waals surface area contributed by atoms with Crippen molar-refractivity contribution >= 4 is 18.3 Å².